The van der Waals surface area contributed by atoms with E-state index in [1.54, 1.807) is 0 Å². The Labute approximate surface area is 210 Å². The van der Waals surface area contributed by atoms with Crippen LogP contribution in [0.1, 0.15) is 112 Å². The van der Waals surface area contributed by atoms with E-state index in [2.05, 4.69) is 34.6 Å². The zero-order valence-corrected chi connectivity index (χ0v) is 23.2. The summed E-state index contributed by atoms with van der Waals surface area (Å²) in [6, 6.07) is 0. The Balaban J connectivity index is 1.53. The molecule has 0 aromatic carbocycles. The summed E-state index contributed by atoms with van der Waals surface area (Å²) in [5.74, 6) is 6.22. The van der Waals surface area contributed by atoms with Crippen molar-refractivity contribution in [2.75, 3.05) is 0 Å². The van der Waals surface area contributed by atoms with E-state index < -0.39 is 0 Å². The van der Waals surface area contributed by atoms with E-state index in [1.807, 2.05) is 6.92 Å². The summed E-state index contributed by atoms with van der Waals surface area (Å²) in [4.78, 5) is 0. The highest BCUT2D eigenvalue weighted by Crippen LogP contribution is 2.51. The van der Waals surface area contributed by atoms with Crippen molar-refractivity contribution in [3.05, 3.63) is 0 Å². The zero-order valence-electron chi connectivity index (χ0n) is 23.2. The van der Waals surface area contributed by atoms with Crippen LogP contribution < -0.4 is 0 Å². The van der Waals surface area contributed by atoms with E-state index in [4.69, 9.17) is 4.74 Å². The first kappa shape index (κ1) is 26.9. The number of fused-ring (bicyclic) bond motifs is 1. The van der Waals surface area contributed by atoms with Gasteiger partial charge in [-0.1, -0.05) is 47.5 Å². The molecule has 0 spiro atoms. The van der Waals surface area contributed by atoms with Gasteiger partial charge in [-0.25, -0.2) is 0 Å². The minimum Gasteiger partial charge on any atom is -0.393 e. The van der Waals surface area contributed by atoms with Gasteiger partial charge in [0.15, 0.2) is 0 Å². The third-order valence-corrected chi connectivity index (χ3v) is 11.0. The minimum atomic E-state index is -0.267. The van der Waals surface area contributed by atoms with Crippen LogP contribution in [-0.2, 0) is 4.74 Å². The minimum absolute atomic E-state index is 0.209. The van der Waals surface area contributed by atoms with Gasteiger partial charge in [0.25, 0.3) is 0 Å². The summed E-state index contributed by atoms with van der Waals surface area (Å²) in [7, 11) is 0. The van der Waals surface area contributed by atoms with Gasteiger partial charge in [-0.15, -0.1) is 0 Å². The van der Waals surface area contributed by atoms with Gasteiger partial charge in [0.1, 0.15) is 0 Å². The highest BCUT2D eigenvalue weighted by Gasteiger charge is 2.51. The molecular weight excluding hydrogens is 420 g/mol. The Morgan fingerprint density at radius 2 is 1.56 bits per heavy atom. The van der Waals surface area contributed by atoms with Crippen molar-refractivity contribution in [3.8, 4) is 0 Å². The SMILES string of the molecule is CCC(C(C)O)C1CC(C(C)CC2CC(C)CC(C)C2)C2OC(C3CCC(C)C3)CC(O)C2C1. The zero-order chi connectivity index (χ0) is 24.6. The van der Waals surface area contributed by atoms with Crippen LogP contribution in [0, 0.1) is 59.2 Å². The van der Waals surface area contributed by atoms with Gasteiger partial charge in [-0.05, 0) is 112 Å². The number of hydrogen-bond acceptors (Lipinski definition) is 3. The largest absolute Gasteiger partial charge is 0.393 e. The smallest absolute Gasteiger partial charge is 0.0662 e. The average molecular weight is 477 g/mol. The van der Waals surface area contributed by atoms with Crippen LogP contribution in [0.2, 0.25) is 0 Å². The maximum Gasteiger partial charge on any atom is 0.0662 e. The molecule has 13 unspecified atom stereocenters. The fourth-order valence-corrected chi connectivity index (χ4v) is 9.50. The molecule has 198 valence electrons. The van der Waals surface area contributed by atoms with Crippen LogP contribution in [0.15, 0.2) is 0 Å². The molecule has 13 atom stereocenters. The summed E-state index contributed by atoms with van der Waals surface area (Å²) < 4.78 is 7.06. The van der Waals surface area contributed by atoms with Gasteiger partial charge in [0.05, 0.1) is 24.4 Å². The van der Waals surface area contributed by atoms with E-state index in [0.717, 1.165) is 42.9 Å². The van der Waals surface area contributed by atoms with Gasteiger partial charge < -0.3 is 14.9 Å². The number of aliphatic hydroxyl groups is 2. The normalized spacial score (nSPS) is 48.2. The van der Waals surface area contributed by atoms with Gasteiger partial charge in [0, 0.05) is 12.3 Å². The van der Waals surface area contributed by atoms with E-state index in [1.165, 1.54) is 51.4 Å². The number of ether oxygens (including phenoxy) is 1. The first-order valence-electron chi connectivity index (χ1n) is 15.2. The quantitative estimate of drug-likeness (QED) is 0.412. The molecule has 3 aliphatic carbocycles. The van der Waals surface area contributed by atoms with Crippen molar-refractivity contribution in [1.29, 1.82) is 0 Å². The van der Waals surface area contributed by atoms with E-state index in [9.17, 15) is 10.2 Å². The maximum absolute atomic E-state index is 11.5. The summed E-state index contributed by atoms with van der Waals surface area (Å²) in [6.07, 6.45) is 13.4. The Hall–Kier alpha value is -0.120. The molecule has 0 aromatic heterocycles. The second kappa shape index (κ2) is 11.5. The van der Waals surface area contributed by atoms with Crippen molar-refractivity contribution in [2.45, 2.75) is 137 Å². The Morgan fingerprint density at radius 1 is 0.853 bits per heavy atom. The molecule has 1 saturated heterocycles. The molecule has 2 N–H and O–H groups in total. The second-order valence-corrected chi connectivity index (χ2v) is 14.0. The number of rotatable bonds is 7. The molecule has 3 nitrogen and oxygen atoms in total. The predicted molar refractivity (Wildman–Crippen MR) is 140 cm³/mol. The van der Waals surface area contributed by atoms with Crippen molar-refractivity contribution in [1.82, 2.24) is 0 Å². The van der Waals surface area contributed by atoms with Crippen LogP contribution in [0.3, 0.4) is 0 Å². The lowest BCUT2D eigenvalue weighted by Crippen LogP contribution is -2.55. The third kappa shape index (κ3) is 6.05. The van der Waals surface area contributed by atoms with E-state index >= 15 is 0 Å². The standard InChI is InChI=1S/C31H56O3/c1-7-26(22(6)32)25-15-27(21(5)14-23-11-19(3)10-20(4)12-23)31-28(16-25)29(33)17-30(34-31)24-9-8-18(2)13-24/h18-33H,7-17H2,1-6H3. The van der Waals surface area contributed by atoms with Gasteiger partial charge >= 0.3 is 0 Å². The molecule has 0 amide bonds. The molecule has 0 aromatic rings. The van der Waals surface area contributed by atoms with Crippen molar-refractivity contribution in [3.63, 3.8) is 0 Å². The fourth-order valence-electron chi connectivity index (χ4n) is 9.50. The summed E-state index contributed by atoms with van der Waals surface area (Å²) in [6.45, 7) is 14.0. The topological polar surface area (TPSA) is 49.7 Å². The Bertz CT molecular complexity index is 624. The molecule has 1 aliphatic heterocycles. The molecule has 4 rings (SSSR count). The van der Waals surface area contributed by atoms with Gasteiger partial charge in [-0.3, -0.25) is 0 Å². The molecule has 1 heterocycles. The van der Waals surface area contributed by atoms with Crippen molar-refractivity contribution in [2.24, 2.45) is 59.2 Å². The lowest BCUT2D eigenvalue weighted by molar-refractivity contribution is -0.203. The predicted octanol–water partition coefficient (Wildman–Crippen LogP) is 7.09. The highest BCUT2D eigenvalue weighted by molar-refractivity contribution is 4.99. The Kier molecular flexibility index (Phi) is 9.12. The molecule has 34 heavy (non-hydrogen) atoms. The van der Waals surface area contributed by atoms with E-state index in [0.29, 0.717) is 29.6 Å². The third-order valence-electron chi connectivity index (χ3n) is 11.0. The van der Waals surface area contributed by atoms with Crippen LogP contribution in [-0.4, -0.2) is 34.6 Å². The van der Waals surface area contributed by atoms with Crippen molar-refractivity contribution < 1.29 is 14.9 Å². The van der Waals surface area contributed by atoms with Crippen LogP contribution in [0.4, 0.5) is 0 Å². The monoisotopic (exact) mass is 476 g/mol. The van der Waals surface area contributed by atoms with Gasteiger partial charge in [-0.2, -0.15) is 0 Å². The van der Waals surface area contributed by atoms with Gasteiger partial charge in [0.2, 0.25) is 0 Å². The lowest BCUT2D eigenvalue weighted by atomic mass is 9.60. The molecule has 4 fully saturated rings. The van der Waals surface area contributed by atoms with E-state index in [-0.39, 0.29) is 30.3 Å². The Morgan fingerprint density at radius 3 is 2.15 bits per heavy atom. The van der Waals surface area contributed by atoms with Crippen molar-refractivity contribution >= 4 is 0 Å². The lowest BCUT2D eigenvalue weighted by Gasteiger charge is -2.53. The van der Waals surface area contributed by atoms with Crippen LogP contribution in [0.5, 0.6) is 0 Å². The molecular formula is C31H56O3. The number of hydrogen-bond donors (Lipinski definition) is 2. The fraction of sp³-hybridized carbons (Fsp3) is 1.00. The molecule has 3 saturated carbocycles. The summed E-state index contributed by atoms with van der Waals surface area (Å²) in [5, 5.41) is 22.0. The second-order valence-electron chi connectivity index (χ2n) is 14.0. The number of aliphatic hydroxyl groups excluding tert-OH is 2. The molecule has 0 radical (unpaired) electrons. The average Bonchev–Trinajstić information content (AvgIpc) is 3.19. The molecule has 4 aliphatic rings. The summed E-state index contributed by atoms with van der Waals surface area (Å²) >= 11 is 0. The molecule has 3 heteroatoms. The molecule has 0 bridgehead atoms. The maximum atomic E-state index is 11.5. The first-order valence-corrected chi connectivity index (χ1v) is 15.2. The summed E-state index contributed by atoms with van der Waals surface area (Å²) in [5.41, 5.74) is 0. The highest BCUT2D eigenvalue weighted by atomic mass is 16.5. The first-order chi connectivity index (χ1) is 16.2. The van der Waals surface area contributed by atoms with Crippen LogP contribution >= 0.6 is 0 Å². The van der Waals surface area contributed by atoms with Crippen LogP contribution in [0.25, 0.3) is 0 Å².